The van der Waals surface area contributed by atoms with Gasteiger partial charge < -0.3 is 14.5 Å². The number of rotatable bonds is 5. The monoisotopic (exact) mass is 419 g/mol. The minimum atomic E-state index is -2.56. The molecule has 2 N–H and O–H groups in total. The van der Waals surface area contributed by atoms with Gasteiger partial charge in [0.15, 0.2) is 0 Å². The third-order valence-corrected chi connectivity index (χ3v) is 7.44. The molecule has 1 aliphatic rings. The first kappa shape index (κ1) is 18.9. The molecule has 0 radical (unpaired) electrons. The number of furan rings is 1. The number of carbonyl (C=O) groups excluding carboxylic acids is 1. The molecular weight excluding hydrogens is 398 g/mol. The van der Waals surface area contributed by atoms with Gasteiger partial charge in [-0.1, -0.05) is 0 Å². The summed E-state index contributed by atoms with van der Waals surface area (Å²) >= 11 is 1.58. The summed E-state index contributed by atoms with van der Waals surface area (Å²) in [5, 5.41) is 4.57. The fourth-order valence-corrected chi connectivity index (χ4v) is 5.83. The number of fused-ring (bicyclic) bond motifs is 1. The van der Waals surface area contributed by atoms with Crippen LogP contribution in [0.5, 0.6) is 5.75 Å². The molecule has 148 valence electrons. The van der Waals surface area contributed by atoms with Gasteiger partial charge in [0.2, 0.25) is 0 Å². The Morgan fingerprint density at radius 1 is 1.46 bits per heavy atom. The Morgan fingerprint density at radius 3 is 2.96 bits per heavy atom. The van der Waals surface area contributed by atoms with E-state index in [0.717, 1.165) is 9.88 Å². The Labute approximate surface area is 167 Å². The average Bonchev–Trinajstić information content (AvgIpc) is 3.28. The second-order valence-electron chi connectivity index (χ2n) is 6.97. The van der Waals surface area contributed by atoms with Gasteiger partial charge in [0.05, 0.1) is 21.2 Å². The number of benzene rings is 1. The Morgan fingerprint density at radius 2 is 2.29 bits per heavy atom. The van der Waals surface area contributed by atoms with E-state index in [-0.39, 0.29) is 17.7 Å². The number of thiazole rings is 1. The number of hydrogen-bond acceptors (Lipinski definition) is 7. The maximum absolute atomic E-state index is 12.8. The standard InChI is InChI=1S/C19H21N3O4S2/c1-11-18(19(23)22-13-5-6-28(20,24)10-13)16-7-14(3-4-17(16)26-11)25-9-15-8-21-12(2)27-15/h3-4,7-8,13,20H,5-6,9-10H2,1-2H3,(H,22,23). The SMILES string of the molecule is Cc1ncc(COc2ccc3oc(C)c(C(=O)NC4CCS(=N)(=O)C4)c3c2)s1. The van der Waals surface area contributed by atoms with Gasteiger partial charge in [-0.15, -0.1) is 11.3 Å². The van der Waals surface area contributed by atoms with Crippen molar-refractivity contribution in [2.75, 3.05) is 11.5 Å². The van der Waals surface area contributed by atoms with Gasteiger partial charge in [-0.25, -0.2) is 9.19 Å². The second kappa shape index (κ2) is 7.21. The molecule has 2 atom stereocenters. The third-order valence-electron chi connectivity index (χ3n) is 4.71. The normalized spacial score (nSPS) is 21.9. The maximum Gasteiger partial charge on any atom is 0.255 e. The molecule has 4 rings (SSSR count). The largest absolute Gasteiger partial charge is 0.488 e. The number of nitrogens with zero attached hydrogens (tertiary/aromatic N) is 1. The highest BCUT2D eigenvalue weighted by Gasteiger charge is 2.28. The molecule has 9 heteroatoms. The summed E-state index contributed by atoms with van der Waals surface area (Å²) in [4.78, 5) is 18.1. The van der Waals surface area contributed by atoms with Crippen LogP contribution in [0.4, 0.5) is 0 Å². The smallest absolute Gasteiger partial charge is 0.255 e. The van der Waals surface area contributed by atoms with E-state index in [0.29, 0.717) is 46.8 Å². The minimum Gasteiger partial charge on any atom is -0.488 e. The van der Waals surface area contributed by atoms with E-state index >= 15 is 0 Å². The molecule has 0 spiro atoms. The molecule has 1 saturated heterocycles. The van der Waals surface area contributed by atoms with Crippen LogP contribution >= 0.6 is 11.3 Å². The molecule has 3 heterocycles. The zero-order valence-electron chi connectivity index (χ0n) is 15.6. The summed E-state index contributed by atoms with van der Waals surface area (Å²) in [7, 11) is -2.56. The molecule has 3 aromatic rings. The van der Waals surface area contributed by atoms with Crippen molar-refractivity contribution in [3.05, 3.63) is 45.6 Å². The fourth-order valence-electron chi connectivity index (χ4n) is 3.39. The number of aryl methyl sites for hydroxylation is 2. The van der Waals surface area contributed by atoms with E-state index in [2.05, 4.69) is 10.3 Å². The van der Waals surface area contributed by atoms with Crippen LogP contribution in [0, 0.1) is 18.6 Å². The number of amides is 1. The minimum absolute atomic E-state index is 0.205. The van der Waals surface area contributed by atoms with Crippen LogP contribution in [0.15, 0.2) is 28.8 Å². The van der Waals surface area contributed by atoms with Gasteiger partial charge >= 0.3 is 0 Å². The molecule has 0 bridgehead atoms. The Bertz CT molecular complexity index is 1150. The molecule has 1 amide bonds. The molecule has 0 aliphatic carbocycles. The average molecular weight is 420 g/mol. The predicted molar refractivity (Wildman–Crippen MR) is 109 cm³/mol. The van der Waals surface area contributed by atoms with Gasteiger partial charge in [-0.2, -0.15) is 0 Å². The van der Waals surface area contributed by atoms with Crippen molar-refractivity contribution in [3.63, 3.8) is 0 Å². The summed E-state index contributed by atoms with van der Waals surface area (Å²) in [6, 6.07) is 5.17. The lowest BCUT2D eigenvalue weighted by atomic mass is 10.1. The van der Waals surface area contributed by atoms with E-state index in [9.17, 15) is 9.00 Å². The number of nitrogens with one attached hydrogen (secondary N) is 2. The van der Waals surface area contributed by atoms with Crippen molar-refractivity contribution in [1.82, 2.24) is 10.3 Å². The molecular formula is C19H21N3O4S2. The molecule has 1 fully saturated rings. The first-order valence-electron chi connectivity index (χ1n) is 8.93. The Balaban J connectivity index is 1.55. The van der Waals surface area contributed by atoms with Crippen molar-refractivity contribution in [2.24, 2.45) is 0 Å². The van der Waals surface area contributed by atoms with E-state index in [1.807, 2.05) is 13.0 Å². The number of aromatic nitrogens is 1. The lowest BCUT2D eigenvalue weighted by molar-refractivity contribution is 0.0941. The zero-order valence-corrected chi connectivity index (χ0v) is 17.2. The molecule has 1 aromatic carbocycles. The molecule has 1 aliphatic heterocycles. The van der Waals surface area contributed by atoms with Gasteiger partial charge in [0.25, 0.3) is 5.91 Å². The van der Waals surface area contributed by atoms with E-state index in [1.165, 1.54) is 0 Å². The molecule has 2 aromatic heterocycles. The first-order chi connectivity index (χ1) is 13.3. The third kappa shape index (κ3) is 3.90. The number of hydrogen-bond donors (Lipinski definition) is 2. The van der Waals surface area contributed by atoms with Crippen LogP contribution in [-0.4, -0.2) is 32.6 Å². The zero-order chi connectivity index (χ0) is 19.9. The van der Waals surface area contributed by atoms with Crippen LogP contribution < -0.4 is 10.1 Å². The van der Waals surface area contributed by atoms with Crippen LogP contribution in [0.2, 0.25) is 0 Å². The molecule has 7 nitrogen and oxygen atoms in total. The van der Waals surface area contributed by atoms with E-state index in [4.69, 9.17) is 13.9 Å². The van der Waals surface area contributed by atoms with Gasteiger partial charge in [0, 0.05) is 33.1 Å². The van der Waals surface area contributed by atoms with Gasteiger partial charge in [-0.3, -0.25) is 9.57 Å². The van der Waals surface area contributed by atoms with Gasteiger partial charge in [-0.05, 0) is 38.5 Å². The predicted octanol–water partition coefficient (Wildman–Crippen LogP) is 3.63. The highest BCUT2D eigenvalue weighted by molar-refractivity contribution is 7.92. The molecule has 0 saturated carbocycles. The van der Waals surface area contributed by atoms with Crippen molar-refractivity contribution >= 4 is 37.9 Å². The first-order valence-corrected chi connectivity index (χ1v) is 11.6. The summed E-state index contributed by atoms with van der Waals surface area (Å²) in [5.41, 5.74) is 1.07. The van der Waals surface area contributed by atoms with Crippen LogP contribution in [0.25, 0.3) is 11.0 Å². The lowest BCUT2D eigenvalue weighted by Gasteiger charge is -2.11. The quantitative estimate of drug-likeness (QED) is 0.657. The summed E-state index contributed by atoms with van der Waals surface area (Å²) in [6.07, 6.45) is 2.36. The fraction of sp³-hybridized carbons (Fsp3) is 0.368. The van der Waals surface area contributed by atoms with E-state index in [1.54, 1.807) is 36.6 Å². The summed E-state index contributed by atoms with van der Waals surface area (Å²) in [5.74, 6) is 1.43. The molecule has 28 heavy (non-hydrogen) atoms. The summed E-state index contributed by atoms with van der Waals surface area (Å²) < 4.78 is 31.1. The highest BCUT2D eigenvalue weighted by Crippen LogP contribution is 2.30. The number of ether oxygens (including phenoxy) is 1. The van der Waals surface area contributed by atoms with Crippen molar-refractivity contribution in [2.45, 2.75) is 32.9 Å². The van der Waals surface area contributed by atoms with Gasteiger partial charge in [0.1, 0.15) is 23.7 Å². The number of carbonyl (C=O) groups is 1. The van der Waals surface area contributed by atoms with Crippen molar-refractivity contribution in [1.29, 1.82) is 4.78 Å². The van der Waals surface area contributed by atoms with Crippen LogP contribution in [0.1, 0.15) is 32.4 Å². The van der Waals surface area contributed by atoms with Crippen LogP contribution in [-0.2, 0) is 16.3 Å². The Kier molecular flexibility index (Phi) is 4.88. The topological polar surface area (TPSA) is 105 Å². The van der Waals surface area contributed by atoms with Crippen molar-refractivity contribution in [3.8, 4) is 5.75 Å². The van der Waals surface area contributed by atoms with Crippen LogP contribution in [0.3, 0.4) is 0 Å². The van der Waals surface area contributed by atoms with E-state index < -0.39 is 9.73 Å². The highest BCUT2D eigenvalue weighted by atomic mass is 32.2. The summed E-state index contributed by atoms with van der Waals surface area (Å²) in [6.45, 7) is 4.11. The Hall–Kier alpha value is -2.39. The van der Waals surface area contributed by atoms with Crippen molar-refractivity contribution < 1.29 is 18.2 Å². The second-order valence-corrected chi connectivity index (χ2v) is 10.7. The molecule has 2 unspecified atom stereocenters. The maximum atomic E-state index is 12.8. The lowest BCUT2D eigenvalue weighted by Crippen LogP contribution is -2.35.